The predicted molar refractivity (Wildman–Crippen MR) is 118 cm³/mol. The van der Waals surface area contributed by atoms with Crippen LogP contribution in [0.1, 0.15) is 42.6 Å². The summed E-state index contributed by atoms with van der Waals surface area (Å²) in [5.74, 6) is 0.701. The lowest BCUT2D eigenvalue weighted by atomic mass is 10.0. The number of nitrogens with zero attached hydrogens (tertiary/aromatic N) is 5. The molecule has 0 unspecified atom stereocenters. The SMILES string of the molecule is Cc1nn(-c2ccc(Cl)cc2)cc1-c1noc(C(=O)NCCCN2CCC[C@H](C)C2)n1. The first-order valence-electron chi connectivity index (χ1n) is 10.7. The second-order valence-electron chi connectivity index (χ2n) is 8.13. The van der Waals surface area contributed by atoms with E-state index in [2.05, 4.69) is 32.4 Å². The lowest BCUT2D eigenvalue weighted by molar-refractivity contribution is 0.0906. The number of aromatic nitrogens is 4. The summed E-state index contributed by atoms with van der Waals surface area (Å²) in [5, 5.41) is 12.0. The van der Waals surface area contributed by atoms with Crippen molar-refractivity contribution in [2.24, 2.45) is 5.92 Å². The molecule has 4 rings (SSSR count). The van der Waals surface area contributed by atoms with Gasteiger partial charge in [-0.2, -0.15) is 10.1 Å². The Labute approximate surface area is 186 Å². The maximum atomic E-state index is 12.4. The number of nitrogens with one attached hydrogen (secondary N) is 1. The minimum Gasteiger partial charge on any atom is -0.348 e. The Morgan fingerprint density at radius 1 is 1.32 bits per heavy atom. The van der Waals surface area contributed by atoms with Gasteiger partial charge < -0.3 is 14.7 Å². The monoisotopic (exact) mass is 442 g/mol. The molecule has 0 radical (unpaired) electrons. The van der Waals surface area contributed by atoms with Gasteiger partial charge in [0, 0.05) is 24.3 Å². The molecule has 0 spiro atoms. The fraction of sp³-hybridized carbons (Fsp3) is 0.455. The molecule has 0 saturated carbocycles. The Bertz CT molecular complexity index is 1030. The molecular weight excluding hydrogens is 416 g/mol. The summed E-state index contributed by atoms with van der Waals surface area (Å²) in [6.45, 7) is 8.01. The highest BCUT2D eigenvalue weighted by Crippen LogP contribution is 2.22. The average molecular weight is 443 g/mol. The van der Waals surface area contributed by atoms with Crippen molar-refractivity contribution in [3.63, 3.8) is 0 Å². The molecule has 1 aliphatic heterocycles. The van der Waals surface area contributed by atoms with E-state index in [-0.39, 0.29) is 11.8 Å². The highest BCUT2D eigenvalue weighted by molar-refractivity contribution is 6.30. The van der Waals surface area contributed by atoms with Crippen LogP contribution in [0.15, 0.2) is 35.0 Å². The fourth-order valence-corrected chi connectivity index (χ4v) is 4.03. The van der Waals surface area contributed by atoms with Crippen LogP contribution in [0, 0.1) is 12.8 Å². The standard InChI is InChI=1S/C22H27ClN6O2/c1-15-5-3-11-28(13-15)12-4-10-24-21(30)22-25-20(27-31-22)19-14-29(26-16(19)2)18-8-6-17(23)7-9-18/h6-9,14-15H,3-5,10-13H2,1-2H3,(H,24,30)/t15-/m0/s1. The van der Waals surface area contributed by atoms with Crippen molar-refractivity contribution in [3.05, 3.63) is 47.1 Å². The number of likely N-dealkylation sites (tertiary alicyclic amines) is 1. The van der Waals surface area contributed by atoms with E-state index in [1.165, 1.54) is 12.8 Å². The van der Waals surface area contributed by atoms with E-state index in [9.17, 15) is 4.79 Å². The molecule has 1 atom stereocenters. The van der Waals surface area contributed by atoms with Crippen molar-refractivity contribution < 1.29 is 9.32 Å². The molecular formula is C22H27ClN6O2. The summed E-state index contributed by atoms with van der Waals surface area (Å²) in [6, 6.07) is 7.35. The highest BCUT2D eigenvalue weighted by Gasteiger charge is 2.20. The van der Waals surface area contributed by atoms with Crippen LogP contribution < -0.4 is 5.32 Å². The molecule has 1 aromatic carbocycles. The van der Waals surface area contributed by atoms with Crippen LogP contribution in [-0.4, -0.2) is 56.9 Å². The van der Waals surface area contributed by atoms with Gasteiger partial charge in [-0.05, 0) is 69.5 Å². The Balaban J connectivity index is 1.33. The minimum absolute atomic E-state index is 0.0414. The number of aryl methyl sites for hydroxylation is 1. The number of amides is 1. The average Bonchev–Trinajstić information content (AvgIpc) is 3.38. The van der Waals surface area contributed by atoms with E-state index in [1.54, 1.807) is 16.8 Å². The van der Waals surface area contributed by atoms with Crippen LogP contribution >= 0.6 is 11.6 Å². The molecule has 1 fully saturated rings. The number of carbonyl (C=O) groups excluding carboxylic acids is 1. The zero-order chi connectivity index (χ0) is 21.8. The summed E-state index contributed by atoms with van der Waals surface area (Å²) in [5.41, 5.74) is 2.30. The van der Waals surface area contributed by atoms with E-state index in [0.717, 1.165) is 43.4 Å². The van der Waals surface area contributed by atoms with Crippen LogP contribution in [-0.2, 0) is 0 Å². The highest BCUT2D eigenvalue weighted by atomic mass is 35.5. The molecule has 1 saturated heterocycles. The molecule has 164 valence electrons. The maximum Gasteiger partial charge on any atom is 0.316 e. The first kappa shape index (κ1) is 21.5. The number of piperidine rings is 1. The molecule has 1 N–H and O–H groups in total. The topological polar surface area (TPSA) is 89.1 Å². The molecule has 3 aromatic rings. The van der Waals surface area contributed by atoms with Gasteiger partial charge in [0.05, 0.1) is 16.9 Å². The maximum absolute atomic E-state index is 12.4. The number of hydrogen-bond donors (Lipinski definition) is 1. The largest absolute Gasteiger partial charge is 0.348 e. The van der Waals surface area contributed by atoms with Gasteiger partial charge in [0.2, 0.25) is 5.82 Å². The van der Waals surface area contributed by atoms with Crippen molar-refractivity contribution in [1.29, 1.82) is 0 Å². The Morgan fingerprint density at radius 2 is 2.13 bits per heavy atom. The smallest absolute Gasteiger partial charge is 0.316 e. The summed E-state index contributed by atoms with van der Waals surface area (Å²) in [6.07, 6.45) is 5.27. The van der Waals surface area contributed by atoms with Gasteiger partial charge in [-0.1, -0.05) is 23.7 Å². The Hall–Kier alpha value is -2.71. The van der Waals surface area contributed by atoms with Gasteiger partial charge in [0.15, 0.2) is 0 Å². The normalized spacial score (nSPS) is 17.1. The van der Waals surface area contributed by atoms with Crippen LogP contribution in [0.3, 0.4) is 0 Å². The van der Waals surface area contributed by atoms with E-state index < -0.39 is 0 Å². The first-order valence-corrected chi connectivity index (χ1v) is 11.0. The van der Waals surface area contributed by atoms with Crippen molar-refractivity contribution >= 4 is 17.5 Å². The van der Waals surface area contributed by atoms with Crippen molar-refractivity contribution in [2.45, 2.75) is 33.1 Å². The molecule has 0 aliphatic carbocycles. The summed E-state index contributed by atoms with van der Waals surface area (Å²) >= 11 is 5.95. The lowest BCUT2D eigenvalue weighted by Crippen LogP contribution is -2.36. The molecule has 9 heteroatoms. The lowest BCUT2D eigenvalue weighted by Gasteiger charge is -2.30. The zero-order valence-electron chi connectivity index (χ0n) is 17.8. The molecule has 3 heterocycles. The third kappa shape index (κ3) is 5.32. The molecule has 1 aliphatic rings. The number of carbonyl (C=O) groups is 1. The van der Waals surface area contributed by atoms with Crippen molar-refractivity contribution in [2.75, 3.05) is 26.2 Å². The summed E-state index contributed by atoms with van der Waals surface area (Å²) in [4.78, 5) is 19.1. The van der Waals surface area contributed by atoms with Crippen LogP contribution in [0.5, 0.6) is 0 Å². The third-order valence-corrected chi connectivity index (χ3v) is 5.78. The van der Waals surface area contributed by atoms with Crippen LogP contribution in [0.25, 0.3) is 17.1 Å². The van der Waals surface area contributed by atoms with E-state index >= 15 is 0 Å². The van der Waals surface area contributed by atoms with E-state index in [1.807, 2.05) is 25.3 Å². The van der Waals surface area contributed by atoms with E-state index in [4.69, 9.17) is 16.1 Å². The second kappa shape index (κ2) is 9.62. The van der Waals surface area contributed by atoms with Gasteiger partial charge >= 0.3 is 11.8 Å². The quantitative estimate of drug-likeness (QED) is 0.561. The number of rotatable bonds is 7. The van der Waals surface area contributed by atoms with Crippen molar-refractivity contribution in [1.82, 2.24) is 30.1 Å². The van der Waals surface area contributed by atoms with Gasteiger partial charge in [0.1, 0.15) is 0 Å². The molecule has 1 amide bonds. The number of benzene rings is 1. The van der Waals surface area contributed by atoms with Crippen LogP contribution in [0.2, 0.25) is 5.02 Å². The van der Waals surface area contributed by atoms with Gasteiger partial charge in [-0.25, -0.2) is 4.68 Å². The predicted octanol–water partition coefficient (Wildman–Crippen LogP) is 3.74. The fourth-order valence-electron chi connectivity index (χ4n) is 3.90. The van der Waals surface area contributed by atoms with Crippen molar-refractivity contribution in [3.8, 4) is 17.1 Å². The van der Waals surface area contributed by atoms with Gasteiger partial charge in [-0.3, -0.25) is 4.79 Å². The van der Waals surface area contributed by atoms with Crippen LogP contribution in [0.4, 0.5) is 0 Å². The minimum atomic E-state index is -0.353. The van der Waals surface area contributed by atoms with Gasteiger partial charge in [-0.15, -0.1) is 0 Å². The molecule has 0 bridgehead atoms. The first-order chi connectivity index (χ1) is 15.0. The second-order valence-corrected chi connectivity index (χ2v) is 8.57. The number of halogens is 1. The summed E-state index contributed by atoms with van der Waals surface area (Å²) < 4.78 is 6.91. The molecule has 2 aromatic heterocycles. The third-order valence-electron chi connectivity index (χ3n) is 5.53. The van der Waals surface area contributed by atoms with Gasteiger partial charge in [0.25, 0.3) is 0 Å². The molecule has 8 nitrogen and oxygen atoms in total. The number of hydrogen-bond acceptors (Lipinski definition) is 6. The summed E-state index contributed by atoms with van der Waals surface area (Å²) in [7, 11) is 0. The Morgan fingerprint density at radius 3 is 2.90 bits per heavy atom. The zero-order valence-corrected chi connectivity index (χ0v) is 18.6. The Kier molecular flexibility index (Phi) is 6.67. The molecule has 31 heavy (non-hydrogen) atoms. The van der Waals surface area contributed by atoms with E-state index in [0.29, 0.717) is 23.0 Å².